The first-order valence-corrected chi connectivity index (χ1v) is 8.41. The first-order chi connectivity index (χ1) is 9.94. The summed E-state index contributed by atoms with van der Waals surface area (Å²) in [6.45, 7) is 7.48. The average molecular weight is 320 g/mol. The molecule has 0 unspecified atom stereocenters. The molecule has 0 spiro atoms. The molecule has 112 valence electrons. The third kappa shape index (κ3) is 2.36. The normalized spacial score (nSPS) is 12.4. The first-order valence-electron chi connectivity index (χ1n) is 7.12. The lowest BCUT2D eigenvalue weighted by molar-refractivity contribution is 0.442. The highest BCUT2D eigenvalue weighted by Crippen LogP contribution is 2.31. The van der Waals surface area contributed by atoms with Crippen LogP contribution in [0.2, 0.25) is 0 Å². The van der Waals surface area contributed by atoms with Crippen LogP contribution in [0.5, 0.6) is 0 Å². The molecule has 0 aliphatic heterocycles. The molecule has 3 heterocycles. The number of imidazole rings is 1. The summed E-state index contributed by atoms with van der Waals surface area (Å²) in [4.78, 5) is 4.71. The second-order valence-corrected chi connectivity index (χ2v) is 7.33. The molecule has 3 rings (SSSR count). The number of nitrogens with one attached hydrogen (secondary N) is 1. The van der Waals surface area contributed by atoms with Crippen molar-refractivity contribution >= 4 is 34.7 Å². The van der Waals surface area contributed by atoms with E-state index in [-0.39, 0.29) is 5.41 Å². The van der Waals surface area contributed by atoms with Gasteiger partial charge in [0.05, 0.1) is 5.69 Å². The van der Waals surface area contributed by atoms with Crippen LogP contribution in [0, 0.1) is 4.77 Å². The zero-order chi connectivity index (χ0) is 15.2. The van der Waals surface area contributed by atoms with Crippen molar-refractivity contribution < 1.29 is 0 Å². The smallest absolute Gasteiger partial charge is 0.179 e. The molecule has 3 aromatic heterocycles. The average Bonchev–Trinajstić information content (AvgIpc) is 3.10. The van der Waals surface area contributed by atoms with E-state index >= 15 is 0 Å². The third-order valence-electron chi connectivity index (χ3n) is 3.90. The van der Waals surface area contributed by atoms with Crippen LogP contribution < -0.4 is 0 Å². The van der Waals surface area contributed by atoms with Crippen LogP contribution in [-0.4, -0.2) is 19.3 Å². The Bertz CT molecular complexity index is 818. The number of fused-ring (bicyclic) bond motifs is 1. The van der Waals surface area contributed by atoms with Gasteiger partial charge in [0, 0.05) is 23.9 Å². The standard InChI is InChI=1S/C15H20N4S2/c1-5-10-12-13(18(4)17-10)19(14(20)16-12)9-15(2,3)11-7-6-8-21-11/h6-8H,5,9H2,1-4H3,(H,16,20). The predicted octanol–water partition coefficient (Wildman–Crippen LogP) is 4.03. The van der Waals surface area contributed by atoms with Crippen LogP contribution in [0.3, 0.4) is 0 Å². The van der Waals surface area contributed by atoms with Gasteiger partial charge in [-0.25, -0.2) is 0 Å². The fourth-order valence-electron chi connectivity index (χ4n) is 2.81. The lowest BCUT2D eigenvalue weighted by Gasteiger charge is -2.24. The van der Waals surface area contributed by atoms with E-state index in [1.807, 2.05) is 11.7 Å². The molecule has 0 aromatic carbocycles. The molecule has 6 heteroatoms. The van der Waals surface area contributed by atoms with Gasteiger partial charge in [-0.1, -0.05) is 26.8 Å². The molecule has 0 amide bonds. The largest absolute Gasteiger partial charge is 0.328 e. The number of aromatic amines is 1. The van der Waals surface area contributed by atoms with E-state index in [4.69, 9.17) is 12.2 Å². The molecule has 4 nitrogen and oxygen atoms in total. The third-order valence-corrected chi connectivity index (χ3v) is 5.46. The lowest BCUT2D eigenvalue weighted by atomic mass is 9.91. The quantitative estimate of drug-likeness (QED) is 0.737. The van der Waals surface area contributed by atoms with Crippen LogP contribution in [0.25, 0.3) is 11.2 Å². The Morgan fingerprint density at radius 2 is 2.19 bits per heavy atom. The topological polar surface area (TPSA) is 38.5 Å². The summed E-state index contributed by atoms with van der Waals surface area (Å²) in [5.41, 5.74) is 3.28. The number of hydrogen-bond donors (Lipinski definition) is 1. The molecule has 0 saturated carbocycles. The fourth-order valence-corrected chi connectivity index (χ4v) is 3.91. The van der Waals surface area contributed by atoms with Gasteiger partial charge in [-0.3, -0.25) is 4.68 Å². The van der Waals surface area contributed by atoms with Gasteiger partial charge in [0.15, 0.2) is 10.4 Å². The molecule has 0 saturated heterocycles. The van der Waals surface area contributed by atoms with Crippen LogP contribution >= 0.6 is 23.6 Å². The highest BCUT2D eigenvalue weighted by atomic mass is 32.1. The van der Waals surface area contributed by atoms with Crippen LogP contribution in [0.15, 0.2) is 17.5 Å². The van der Waals surface area contributed by atoms with Gasteiger partial charge < -0.3 is 9.55 Å². The highest BCUT2D eigenvalue weighted by molar-refractivity contribution is 7.71. The Hall–Kier alpha value is -1.40. The molecular formula is C15H20N4S2. The fraction of sp³-hybridized carbons (Fsp3) is 0.467. The van der Waals surface area contributed by atoms with Gasteiger partial charge in [-0.2, -0.15) is 5.10 Å². The van der Waals surface area contributed by atoms with Gasteiger partial charge in [-0.05, 0) is 30.1 Å². The molecule has 21 heavy (non-hydrogen) atoms. The number of H-pyrrole nitrogens is 1. The second kappa shape index (κ2) is 5.10. The Morgan fingerprint density at radius 3 is 2.81 bits per heavy atom. The van der Waals surface area contributed by atoms with Gasteiger partial charge in [-0.15, -0.1) is 11.3 Å². The van der Waals surface area contributed by atoms with Crippen molar-refractivity contribution in [2.75, 3.05) is 0 Å². The Morgan fingerprint density at radius 1 is 1.43 bits per heavy atom. The lowest BCUT2D eigenvalue weighted by Crippen LogP contribution is -2.24. The SMILES string of the molecule is CCc1nn(C)c2c1[nH]c(=S)n2CC(C)(C)c1cccs1. The summed E-state index contributed by atoms with van der Waals surface area (Å²) in [6, 6.07) is 4.30. The minimum Gasteiger partial charge on any atom is -0.328 e. The van der Waals surface area contributed by atoms with E-state index in [2.05, 4.69) is 52.9 Å². The Balaban J connectivity index is 2.11. The second-order valence-electron chi connectivity index (χ2n) is 6.00. The molecule has 0 fully saturated rings. The van der Waals surface area contributed by atoms with Gasteiger partial charge in [0.1, 0.15) is 5.52 Å². The van der Waals surface area contributed by atoms with E-state index in [1.54, 1.807) is 11.3 Å². The summed E-state index contributed by atoms with van der Waals surface area (Å²) in [6.07, 6.45) is 0.904. The molecule has 0 atom stereocenters. The van der Waals surface area contributed by atoms with Crippen LogP contribution in [0.1, 0.15) is 31.3 Å². The molecule has 1 N–H and O–H groups in total. The van der Waals surface area contributed by atoms with E-state index in [0.717, 1.165) is 34.6 Å². The van der Waals surface area contributed by atoms with Crippen molar-refractivity contribution in [3.63, 3.8) is 0 Å². The summed E-state index contributed by atoms with van der Waals surface area (Å²) >= 11 is 7.34. The number of thiophene rings is 1. The summed E-state index contributed by atoms with van der Waals surface area (Å²) in [5, 5.41) is 6.71. The van der Waals surface area contributed by atoms with Gasteiger partial charge in [0.2, 0.25) is 0 Å². The molecular weight excluding hydrogens is 300 g/mol. The van der Waals surface area contributed by atoms with E-state index in [9.17, 15) is 0 Å². The molecule has 0 aliphatic rings. The molecule has 3 aromatic rings. The van der Waals surface area contributed by atoms with Gasteiger partial charge in [0.25, 0.3) is 0 Å². The number of aryl methyl sites for hydroxylation is 2. The molecule has 0 aliphatic carbocycles. The number of rotatable bonds is 4. The summed E-state index contributed by atoms with van der Waals surface area (Å²) in [5.74, 6) is 0. The van der Waals surface area contributed by atoms with Crippen molar-refractivity contribution in [1.82, 2.24) is 19.3 Å². The van der Waals surface area contributed by atoms with E-state index in [1.165, 1.54) is 4.88 Å². The Kier molecular flexibility index (Phi) is 3.53. The number of nitrogens with zero attached hydrogens (tertiary/aromatic N) is 3. The first kappa shape index (κ1) is 14.5. The minimum atomic E-state index is 0.0398. The maximum absolute atomic E-state index is 5.54. The van der Waals surface area contributed by atoms with Crippen molar-refractivity contribution in [2.24, 2.45) is 7.05 Å². The van der Waals surface area contributed by atoms with Crippen molar-refractivity contribution in [1.29, 1.82) is 0 Å². The zero-order valence-electron chi connectivity index (χ0n) is 12.8. The Labute approximate surface area is 133 Å². The summed E-state index contributed by atoms with van der Waals surface area (Å²) in [7, 11) is 1.98. The predicted molar refractivity (Wildman–Crippen MR) is 90.6 cm³/mol. The van der Waals surface area contributed by atoms with E-state index < -0.39 is 0 Å². The molecule has 0 radical (unpaired) electrons. The van der Waals surface area contributed by atoms with Crippen molar-refractivity contribution in [3.05, 3.63) is 32.9 Å². The minimum absolute atomic E-state index is 0.0398. The molecule has 0 bridgehead atoms. The van der Waals surface area contributed by atoms with Crippen molar-refractivity contribution in [2.45, 2.75) is 39.2 Å². The maximum Gasteiger partial charge on any atom is 0.179 e. The number of aromatic nitrogens is 4. The zero-order valence-corrected chi connectivity index (χ0v) is 14.4. The maximum atomic E-state index is 5.54. The monoisotopic (exact) mass is 320 g/mol. The van der Waals surface area contributed by atoms with Gasteiger partial charge >= 0.3 is 0 Å². The van der Waals surface area contributed by atoms with E-state index in [0.29, 0.717) is 0 Å². The highest BCUT2D eigenvalue weighted by Gasteiger charge is 2.25. The number of hydrogen-bond acceptors (Lipinski definition) is 3. The summed E-state index contributed by atoms with van der Waals surface area (Å²) < 4.78 is 4.89. The van der Waals surface area contributed by atoms with Crippen molar-refractivity contribution in [3.8, 4) is 0 Å². The van der Waals surface area contributed by atoms with Crippen LogP contribution in [-0.2, 0) is 25.4 Å². The van der Waals surface area contributed by atoms with Crippen LogP contribution in [0.4, 0.5) is 0 Å².